The van der Waals surface area contributed by atoms with Gasteiger partial charge in [-0.25, -0.2) is 0 Å². The normalized spacial score (nSPS) is 10.9. The number of hydrogen-bond acceptors (Lipinski definition) is 5. The Bertz CT molecular complexity index is 1310. The molecule has 0 aliphatic rings. The maximum absolute atomic E-state index is 12.3. The van der Waals surface area contributed by atoms with E-state index in [1.165, 1.54) is 11.1 Å². The zero-order valence-electron chi connectivity index (χ0n) is 21.1. The highest BCUT2D eigenvalue weighted by atomic mass is 35.5. The number of thioether (sulfide) groups is 1. The van der Waals surface area contributed by atoms with Crippen LogP contribution in [0.2, 0.25) is 5.02 Å². The maximum atomic E-state index is 12.3. The van der Waals surface area contributed by atoms with Gasteiger partial charge in [-0.1, -0.05) is 71.4 Å². The second-order valence-electron chi connectivity index (χ2n) is 8.82. The van der Waals surface area contributed by atoms with E-state index < -0.39 is 0 Å². The van der Waals surface area contributed by atoms with E-state index in [1.54, 1.807) is 18.9 Å². The Labute approximate surface area is 227 Å². The molecule has 6 nitrogen and oxygen atoms in total. The number of unbranched alkanes of at least 4 members (excludes halogenated alkanes) is 1. The Kier molecular flexibility index (Phi) is 9.63. The molecule has 0 saturated heterocycles. The molecular formula is C29H31ClN4O2S. The largest absolute Gasteiger partial charge is 0.497 e. The zero-order valence-corrected chi connectivity index (χ0v) is 22.7. The van der Waals surface area contributed by atoms with Crippen LogP contribution in [0.5, 0.6) is 5.75 Å². The molecule has 0 unspecified atom stereocenters. The minimum atomic E-state index is 0.0430. The molecule has 0 radical (unpaired) electrons. The number of hydrogen-bond donors (Lipinski definition) is 1. The molecule has 0 spiro atoms. The molecule has 4 rings (SSSR count). The third-order valence-corrected chi connectivity index (χ3v) is 7.19. The summed E-state index contributed by atoms with van der Waals surface area (Å²) < 4.78 is 7.25. The molecule has 1 heterocycles. The number of nitrogens with one attached hydrogen (secondary N) is 1. The van der Waals surface area contributed by atoms with Crippen LogP contribution in [-0.2, 0) is 23.5 Å². The van der Waals surface area contributed by atoms with Crippen LogP contribution in [0.1, 0.15) is 41.8 Å². The van der Waals surface area contributed by atoms with Gasteiger partial charge in [0.2, 0.25) is 5.91 Å². The Morgan fingerprint density at radius 3 is 2.49 bits per heavy atom. The third-order valence-electron chi connectivity index (χ3n) is 5.96. The van der Waals surface area contributed by atoms with Crippen LogP contribution in [0.4, 0.5) is 0 Å². The van der Waals surface area contributed by atoms with Crippen molar-refractivity contribution in [2.45, 2.75) is 50.1 Å². The first kappa shape index (κ1) is 26.8. The Morgan fingerprint density at radius 1 is 1.00 bits per heavy atom. The van der Waals surface area contributed by atoms with Gasteiger partial charge in [-0.3, -0.25) is 9.36 Å². The van der Waals surface area contributed by atoms with Crippen molar-refractivity contribution in [3.8, 4) is 11.4 Å². The molecule has 0 bridgehead atoms. The van der Waals surface area contributed by atoms with Crippen molar-refractivity contribution in [1.29, 1.82) is 0 Å². The summed E-state index contributed by atoms with van der Waals surface area (Å²) in [6.45, 7) is 2.59. The van der Waals surface area contributed by atoms with Crippen LogP contribution in [-0.4, -0.2) is 27.8 Å². The summed E-state index contributed by atoms with van der Waals surface area (Å²) >= 11 is 7.95. The number of amides is 1. The van der Waals surface area contributed by atoms with Gasteiger partial charge in [0.05, 0.1) is 12.8 Å². The van der Waals surface area contributed by atoms with Crippen LogP contribution in [0.25, 0.3) is 5.69 Å². The summed E-state index contributed by atoms with van der Waals surface area (Å²) in [5.41, 5.74) is 4.46. The average Bonchev–Trinajstić information content (AvgIpc) is 3.32. The van der Waals surface area contributed by atoms with Crippen molar-refractivity contribution in [1.82, 2.24) is 20.1 Å². The number of halogens is 1. The number of methoxy groups -OCH3 is 1. The highest BCUT2D eigenvalue weighted by molar-refractivity contribution is 7.98. The number of carbonyl (C=O) groups excluding carboxylic acids is 1. The molecule has 3 aromatic carbocycles. The van der Waals surface area contributed by atoms with Crippen molar-refractivity contribution in [2.75, 3.05) is 7.11 Å². The molecule has 0 fully saturated rings. The summed E-state index contributed by atoms with van der Waals surface area (Å²) in [6, 6.07) is 24.0. The van der Waals surface area contributed by atoms with Crippen molar-refractivity contribution in [2.24, 2.45) is 0 Å². The first-order valence-electron chi connectivity index (χ1n) is 12.3. The van der Waals surface area contributed by atoms with Gasteiger partial charge in [-0.05, 0) is 61.2 Å². The number of carbonyl (C=O) groups is 1. The first-order valence-corrected chi connectivity index (χ1v) is 13.7. The van der Waals surface area contributed by atoms with Gasteiger partial charge in [0.1, 0.15) is 11.6 Å². The lowest BCUT2D eigenvalue weighted by molar-refractivity contribution is -0.121. The van der Waals surface area contributed by atoms with Gasteiger partial charge in [0.15, 0.2) is 5.16 Å². The smallest absolute Gasteiger partial charge is 0.220 e. The van der Waals surface area contributed by atoms with Crippen molar-refractivity contribution in [3.05, 3.63) is 100 Å². The second-order valence-corrected chi connectivity index (χ2v) is 10.2. The van der Waals surface area contributed by atoms with Crippen LogP contribution >= 0.6 is 23.4 Å². The fourth-order valence-electron chi connectivity index (χ4n) is 3.86. The SMILES string of the molecule is COc1ccc(CNC(=O)CCCCc2nnc(SCc3ccc(C)cc3)n2-c2cccc(Cl)c2)cc1. The molecule has 8 heteroatoms. The van der Waals surface area contributed by atoms with Crippen molar-refractivity contribution in [3.63, 3.8) is 0 Å². The van der Waals surface area contributed by atoms with Gasteiger partial charge >= 0.3 is 0 Å². The zero-order chi connectivity index (χ0) is 26.0. The molecule has 0 saturated carbocycles. The summed E-state index contributed by atoms with van der Waals surface area (Å²) in [5, 5.41) is 13.5. The first-order chi connectivity index (χ1) is 18.0. The van der Waals surface area contributed by atoms with Gasteiger partial charge < -0.3 is 10.1 Å². The number of rotatable bonds is 12. The predicted octanol–water partition coefficient (Wildman–Crippen LogP) is 6.56. The maximum Gasteiger partial charge on any atom is 0.220 e. The number of ether oxygens (including phenoxy) is 1. The molecular weight excluding hydrogens is 504 g/mol. The quantitative estimate of drug-likeness (QED) is 0.165. The fraction of sp³-hybridized carbons (Fsp3) is 0.276. The van der Waals surface area contributed by atoms with Gasteiger partial charge in [-0.2, -0.15) is 0 Å². The Balaban J connectivity index is 1.33. The van der Waals surface area contributed by atoms with Gasteiger partial charge in [-0.15, -0.1) is 10.2 Å². The highest BCUT2D eigenvalue weighted by Crippen LogP contribution is 2.27. The van der Waals surface area contributed by atoms with E-state index in [0.717, 1.165) is 53.0 Å². The second kappa shape index (κ2) is 13.3. The van der Waals surface area contributed by atoms with E-state index in [0.29, 0.717) is 18.0 Å². The van der Waals surface area contributed by atoms with Crippen molar-refractivity contribution >= 4 is 29.3 Å². The lowest BCUT2D eigenvalue weighted by atomic mass is 10.1. The number of benzene rings is 3. The lowest BCUT2D eigenvalue weighted by Crippen LogP contribution is -2.22. The minimum Gasteiger partial charge on any atom is -0.497 e. The summed E-state index contributed by atoms with van der Waals surface area (Å²) in [7, 11) is 1.64. The Hall–Kier alpha value is -3.29. The summed E-state index contributed by atoms with van der Waals surface area (Å²) in [5.74, 6) is 2.51. The molecule has 4 aromatic rings. The highest BCUT2D eigenvalue weighted by Gasteiger charge is 2.15. The van der Waals surface area contributed by atoms with Crippen LogP contribution in [0.3, 0.4) is 0 Å². The standard InChI is InChI=1S/C29H31ClN4O2S/c1-21-10-12-23(13-11-21)20-37-29-33-32-27(34(29)25-7-5-6-24(30)18-25)8-3-4-9-28(35)31-19-22-14-16-26(36-2)17-15-22/h5-7,10-18H,3-4,8-9,19-20H2,1-2H3,(H,31,35). The molecule has 1 N–H and O–H groups in total. The van der Waals surface area contributed by atoms with E-state index in [4.69, 9.17) is 16.3 Å². The summed E-state index contributed by atoms with van der Waals surface area (Å²) in [4.78, 5) is 12.3. The molecule has 1 aromatic heterocycles. The fourth-order valence-corrected chi connectivity index (χ4v) is 4.97. The number of nitrogens with zero attached hydrogens (tertiary/aromatic N) is 3. The van der Waals surface area contributed by atoms with E-state index >= 15 is 0 Å². The molecule has 0 aliphatic heterocycles. The number of aryl methyl sites for hydroxylation is 2. The lowest BCUT2D eigenvalue weighted by Gasteiger charge is -2.11. The molecule has 37 heavy (non-hydrogen) atoms. The average molecular weight is 535 g/mol. The van der Waals surface area contributed by atoms with E-state index in [1.807, 2.05) is 48.5 Å². The number of aromatic nitrogens is 3. The predicted molar refractivity (Wildman–Crippen MR) is 150 cm³/mol. The minimum absolute atomic E-state index is 0.0430. The van der Waals surface area contributed by atoms with Gasteiger partial charge in [0.25, 0.3) is 0 Å². The van der Waals surface area contributed by atoms with Crippen molar-refractivity contribution < 1.29 is 9.53 Å². The van der Waals surface area contributed by atoms with Gasteiger partial charge in [0, 0.05) is 30.2 Å². The van der Waals surface area contributed by atoms with Crippen LogP contribution < -0.4 is 10.1 Å². The monoisotopic (exact) mass is 534 g/mol. The van der Waals surface area contributed by atoms with Crippen LogP contribution in [0, 0.1) is 6.92 Å². The van der Waals surface area contributed by atoms with E-state index in [9.17, 15) is 4.79 Å². The molecule has 0 atom stereocenters. The Morgan fingerprint density at radius 2 is 1.76 bits per heavy atom. The molecule has 0 aliphatic carbocycles. The topological polar surface area (TPSA) is 69.0 Å². The third kappa shape index (κ3) is 7.84. The molecule has 1 amide bonds. The van der Waals surface area contributed by atoms with E-state index in [2.05, 4.69) is 51.3 Å². The van der Waals surface area contributed by atoms with E-state index in [-0.39, 0.29) is 5.91 Å². The molecule has 192 valence electrons. The van der Waals surface area contributed by atoms with Crippen LogP contribution in [0.15, 0.2) is 78.0 Å². The summed E-state index contributed by atoms with van der Waals surface area (Å²) in [6.07, 6.45) is 2.78.